The third kappa shape index (κ3) is 18.3. The highest BCUT2D eigenvalue weighted by Crippen LogP contribution is 2.12. The third-order valence-electron chi connectivity index (χ3n) is 3.75. The van der Waals surface area contributed by atoms with E-state index in [1.165, 1.54) is 83.5 Å². The minimum absolute atomic E-state index is 0.440. The Balaban J connectivity index is 2.99. The highest BCUT2D eigenvalue weighted by molar-refractivity contribution is 6.61. The van der Waals surface area contributed by atoms with E-state index in [0.29, 0.717) is 0 Å². The molecule has 0 nitrogen and oxygen atoms in total. The van der Waals surface area contributed by atoms with Gasteiger partial charge in [-0.15, -0.1) is 22.6 Å². The quantitative estimate of drug-likeness (QED) is 0.239. The second-order valence-electron chi connectivity index (χ2n) is 6.35. The molecule has 0 aromatic heterocycles. The first-order valence-corrected chi connectivity index (χ1v) is 11.9. The van der Waals surface area contributed by atoms with Crippen molar-refractivity contribution in [2.24, 2.45) is 0 Å². The molecule has 0 atom stereocenters. The molecule has 0 radical (unpaired) electrons. The molecule has 0 amide bonds. The average molecular weight is 280 g/mol. The van der Waals surface area contributed by atoms with Crippen LogP contribution in [0.3, 0.4) is 0 Å². The van der Waals surface area contributed by atoms with Crippen molar-refractivity contribution in [1.82, 2.24) is 0 Å². The second-order valence-corrected chi connectivity index (χ2v) is 9.22. The van der Waals surface area contributed by atoms with Gasteiger partial charge < -0.3 is 0 Å². The Morgan fingerprint density at radius 3 is 1.47 bits per heavy atom. The van der Waals surface area contributed by atoms with E-state index in [-0.39, 0.29) is 0 Å². The summed E-state index contributed by atoms with van der Waals surface area (Å²) in [6.45, 7) is 2.29. The zero-order chi connectivity index (χ0) is 14.2. The van der Waals surface area contributed by atoms with Crippen molar-refractivity contribution >= 4 is 14.1 Å². The van der Waals surface area contributed by atoms with Gasteiger partial charge in [-0.1, -0.05) is 77.6 Å². The fraction of sp³-hybridized carbons (Fsp3) is 0.889. The van der Waals surface area contributed by atoms with Gasteiger partial charge in [0.05, 0.1) is 0 Å². The summed E-state index contributed by atoms with van der Waals surface area (Å²) in [5.41, 5.74) is 0. The molecule has 0 aromatic carbocycles. The topological polar surface area (TPSA) is 0 Å². The van der Waals surface area contributed by atoms with Crippen molar-refractivity contribution < 1.29 is 0 Å². The van der Waals surface area contributed by atoms with Gasteiger partial charge in [-0.25, -0.2) is 0 Å². The lowest BCUT2D eigenvalue weighted by Gasteiger charge is -2.02. The summed E-state index contributed by atoms with van der Waals surface area (Å²) in [6, 6.07) is 0. The lowest BCUT2D eigenvalue weighted by atomic mass is 10.0. The van der Waals surface area contributed by atoms with Crippen LogP contribution < -0.4 is 0 Å². The monoisotopic (exact) mass is 280 g/mol. The maximum Gasteiger partial charge on any atom is 0.287 e. The van der Waals surface area contributed by atoms with Gasteiger partial charge in [-0.3, -0.25) is 0 Å². The van der Waals surface area contributed by atoms with Crippen LogP contribution in [0, 0.1) is 0 Å². The summed E-state index contributed by atoms with van der Waals surface area (Å²) in [5.74, 6) is 4.78. The van der Waals surface area contributed by atoms with E-state index in [2.05, 4.69) is 29.5 Å². The van der Waals surface area contributed by atoms with Crippen LogP contribution in [0.15, 0.2) is 11.0 Å². The van der Waals surface area contributed by atoms with Gasteiger partial charge in [0.15, 0.2) is 0 Å². The summed E-state index contributed by atoms with van der Waals surface area (Å²) >= 11 is -0.440. The second kappa shape index (κ2) is 16.3. The Kier molecular flexibility index (Phi) is 16.6. The number of allylic oxidation sites excluding steroid dienone is 1. The van der Waals surface area contributed by atoms with E-state index >= 15 is 0 Å². The summed E-state index contributed by atoms with van der Waals surface area (Å²) in [6.07, 6.45) is 21.2. The minimum atomic E-state index is -0.440. The zero-order valence-corrected chi connectivity index (χ0v) is 15.1. The van der Waals surface area contributed by atoms with E-state index in [1.807, 2.05) is 0 Å². The van der Waals surface area contributed by atoms with Gasteiger partial charge in [0.1, 0.15) is 0 Å². The van der Waals surface area contributed by atoms with Crippen molar-refractivity contribution in [3.8, 4) is 0 Å². The first kappa shape index (κ1) is 19.3. The van der Waals surface area contributed by atoms with E-state index < -0.39 is 14.1 Å². The van der Waals surface area contributed by atoms with Crippen LogP contribution in [0.4, 0.5) is 0 Å². The predicted molar refractivity (Wildman–Crippen MR) is 92.3 cm³/mol. The van der Waals surface area contributed by atoms with Gasteiger partial charge in [0.25, 0.3) is 14.1 Å². The highest BCUT2D eigenvalue weighted by Gasteiger charge is 1.94. The Morgan fingerprint density at radius 2 is 1.05 bits per heavy atom. The van der Waals surface area contributed by atoms with Crippen LogP contribution in [0.1, 0.15) is 90.4 Å². The maximum atomic E-state index is 2.47. The standard InChI is InChI=1S/C16H31.2CH3.Al/c1-3-5-7-9-11-13-15-16-14-12-10-8-6-4-2;;;/h1,3H,4-16H2,2H3;2*1H3;. The first-order chi connectivity index (χ1) is 9.27. The van der Waals surface area contributed by atoms with E-state index in [0.717, 1.165) is 0 Å². The summed E-state index contributed by atoms with van der Waals surface area (Å²) in [4.78, 5) is 2.47. The molecule has 0 unspecified atom stereocenters. The molecule has 112 valence electrons. The van der Waals surface area contributed by atoms with Crippen LogP contribution in [0.2, 0.25) is 11.6 Å². The normalized spacial score (nSPS) is 11.3. The smallest absolute Gasteiger partial charge is 0.149 e. The summed E-state index contributed by atoms with van der Waals surface area (Å²) < 4.78 is 0. The Hall–Kier alpha value is 0.272. The fourth-order valence-corrected chi connectivity index (χ4v) is 3.21. The van der Waals surface area contributed by atoms with Crippen LogP contribution in [0.25, 0.3) is 0 Å². The number of rotatable bonds is 14. The molecule has 0 aliphatic heterocycles. The molecule has 0 aliphatic carbocycles. The number of hydrogen-bond donors (Lipinski definition) is 0. The molecule has 0 aromatic rings. The minimum Gasteiger partial charge on any atom is -0.149 e. The SMILES string of the molecule is CCCCCCCCCCCCCC/C=[CH]/[Al]([CH3])[CH3]. The fourth-order valence-electron chi connectivity index (χ4n) is 2.47. The summed E-state index contributed by atoms with van der Waals surface area (Å²) in [7, 11) is 0. The van der Waals surface area contributed by atoms with Gasteiger partial charge in [-0.05, 0) is 12.8 Å². The van der Waals surface area contributed by atoms with E-state index in [9.17, 15) is 0 Å². The lowest BCUT2D eigenvalue weighted by Crippen LogP contribution is -1.91. The lowest BCUT2D eigenvalue weighted by molar-refractivity contribution is 0.545. The molecule has 0 fully saturated rings. The molecular formula is C18H37Al. The van der Waals surface area contributed by atoms with Crippen molar-refractivity contribution in [1.29, 1.82) is 0 Å². The largest absolute Gasteiger partial charge is 0.287 e. The van der Waals surface area contributed by atoms with Gasteiger partial charge in [-0.2, -0.15) is 0 Å². The molecular weight excluding hydrogens is 243 g/mol. The Morgan fingerprint density at radius 1 is 0.632 bits per heavy atom. The highest BCUT2D eigenvalue weighted by atomic mass is 27.2. The van der Waals surface area contributed by atoms with E-state index in [4.69, 9.17) is 0 Å². The Labute approximate surface area is 127 Å². The molecule has 0 N–H and O–H groups in total. The molecule has 1 heteroatoms. The number of unbranched alkanes of at least 4 members (excludes halogenated alkanes) is 12. The zero-order valence-electron chi connectivity index (χ0n) is 13.9. The van der Waals surface area contributed by atoms with Crippen molar-refractivity contribution in [2.75, 3.05) is 0 Å². The molecule has 0 spiro atoms. The van der Waals surface area contributed by atoms with Crippen LogP contribution >= 0.6 is 0 Å². The average Bonchev–Trinajstić information content (AvgIpc) is 2.39. The van der Waals surface area contributed by atoms with Crippen molar-refractivity contribution in [3.05, 3.63) is 11.0 Å². The van der Waals surface area contributed by atoms with Gasteiger partial charge in [0.2, 0.25) is 0 Å². The molecule has 0 heterocycles. The molecule has 0 saturated heterocycles. The molecule has 0 bridgehead atoms. The molecule has 0 saturated carbocycles. The van der Waals surface area contributed by atoms with Crippen LogP contribution in [-0.4, -0.2) is 14.1 Å². The third-order valence-corrected chi connectivity index (χ3v) is 4.79. The maximum absolute atomic E-state index is 2.47. The number of hydrogen-bond acceptors (Lipinski definition) is 0. The molecule has 0 rings (SSSR count). The van der Waals surface area contributed by atoms with Gasteiger partial charge >= 0.3 is 0 Å². The summed E-state index contributed by atoms with van der Waals surface area (Å²) in [5, 5.41) is 0. The van der Waals surface area contributed by atoms with E-state index in [1.54, 1.807) is 0 Å². The predicted octanol–water partition coefficient (Wildman–Crippen LogP) is 6.93. The van der Waals surface area contributed by atoms with Crippen molar-refractivity contribution in [3.63, 3.8) is 0 Å². The first-order valence-electron chi connectivity index (χ1n) is 8.94. The molecule has 0 aliphatic rings. The van der Waals surface area contributed by atoms with Crippen molar-refractivity contribution in [2.45, 2.75) is 102 Å². The Bertz CT molecular complexity index is 184. The van der Waals surface area contributed by atoms with Crippen LogP contribution in [-0.2, 0) is 0 Å². The van der Waals surface area contributed by atoms with Gasteiger partial charge in [0, 0.05) is 0 Å². The molecule has 19 heavy (non-hydrogen) atoms. The van der Waals surface area contributed by atoms with Crippen LogP contribution in [0.5, 0.6) is 0 Å².